The maximum absolute atomic E-state index is 12.7. The van der Waals surface area contributed by atoms with Crippen molar-refractivity contribution in [1.29, 1.82) is 0 Å². The number of aromatic nitrogens is 2. The normalized spacial score (nSPS) is 11.5. The number of nitrogens with one attached hydrogen (secondary N) is 1. The second-order valence-corrected chi connectivity index (χ2v) is 5.59. The van der Waals surface area contributed by atoms with E-state index in [2.05, 4.69) is 26.2 Å². The quantitative estimate of drug-likeness (QED) is 0.893. The highest BCUT2D eigenvalue weighted by Crippen LogP contribution is 2.27. The molecule has 22 heavy (non-hydrogen) atoms. The van der Waals surface area contributed by atoms with Gasteiger partial charge in [-0.15, -0.1) is 0 Å². The molecule has 8 heteroatoms. The lowest BCUT2D eigenvalue weighted by Crippen LogP contribution is -2.25. The Hall–Kier alpha value is -1.83. The lowest BCUT2D eigenvalue weighted by Gasteiger charge is -2.14. The molecule has 0 unspecified atom stereocenters. The molecule has 1 N–H and O–H groups in total. The zero-order valence-corrected chi connectivity index (χ0v) is 13.4. The first kappa shape index (κ1) is 16.5. The second-order valence-electron chi connectivity index (χ2n) is 4.74. The summed E-state index contributed by atoms with van der Waals surface area (Å²) in [7, 11) is 1.37. The van der Waals surface area contributed by atoms with Crippen LogP contribution >= 0.6 is 15.9 Å². The van der Waals surface area contributed by atoms with Crippen LogP contribution in [0.3, 0.4) is 0 Å². The van der Waals surface area contributed by atoms with Crippen molar-refractivity contribution in [2.45, 2.75) is 19.6 Å². The third-order valence-electron chi connectivity index (χ3n) is 3.24. The van der Waals surface area contributed by atoms with Crippen molar-refractivity contribution in [2.75, 3.05) is 5.32 Å². The molecule has 0 bridgehead atoms. The predicted octanol–water partition coefficient (Wildman–Crippen LogP) is 3.48. The number of anilines is 1. The van der Waals surface area contributed by atoms with Crippen LogP contribution in [0.15, 0.2) is 33.5 Å². The van der Waals surface area contributed by atoms with Crippen LogP contribution in [-0.4, -0.2) is 9.55 Å². The minimum absolute atomic E-state index is 0.126. The Morgan fingerprint density at radius 2 is 2.05 bits per heavy atom. The molecule has 0 saturated heterocycles. The highest BCUT2D eigenvalue weighted by molar-refractivity contribution is 9.10. The number of hydrogen-bond donors (Lipinski definition) is 1. The van der Waals surface area contributed by atoms with Gasteiger partial charge in [-0.1, -0.05) is 28.1 Å². The van der Waals surface area contributed by atoms with E-state index in [1.54, 1.807) is 0 Å². The monoisotopic (exact) mass is 375 g/mol. The van der Waals surface area contributed by atoms with Crippen molar-refractivity contribution in [1.82, 2.24) is 9.55 Å². The van der Waals surface area contributed by atoms with Gasteiger partial charge in [-0.2, -0.15) is 13.2 Å². The molecule has 2 rings (SSSR count). The van der Waals surface area contributed by atoms with Crippen molar-refractivity contribution < 1.29 is 13.2 Å². The van der Waals surface area contributed by atoms with Gasteiger partial charge in [-0.25, -0.2) is 4.98 Å². The summed E-state index contributed by atoms with van der Waals surface area (Å²) in [4.78, 5) is 15.1. The largest absolute Gasteiger partial charge is 0.433 e. The van der Waals surface area contributed by atoms with Gasteiger partial charge in [0.05, 0.1) is 0 Å². The molecular formula is C14H13BrF3N3O. The first-order valence-corrected chi connectivity index (χ1v) is 7.12. The molecule has 0 amide bonds. The number of benzene rings is 1. The Morgan fingerprint density at radius 3 is 2.68 bits per heavy atom. The van der Waals surface area contributed by atoms with E-state index in [1.807, 2.05) is 25.1 Å². The molecule has 0 atom stereocenters. The molecule has 0 spiro atoms. The molecule has 0 aliphatic rings. The zero-order chi connectivity index (χ0) is 16.5. The van der Waals surface area contributed by atoms with Crippen molar-refractivity contribution in [3.05, 3.63) is 55.9 Å². The van der Waals surface area contributed by atoms with E-state index in [1.165, 1.54) is 7.05 Å². The summed E-state index contributed by atoms with van der Waals surface area (Å²) in [5.41, 5.74) is -0.118. The summed E-state index contributed by atoms with van der Waals surface area (Å²) in [6.45, 7) is 2.15. The Kier molecular flexibility index (Phi) is 4.60. The maximum Gasteiger partial charge on any atom is 0.433 e. The molecule has 2 aromatic rings. The summed E-state index contributed by atoms with van der Waals surface area (Å²) in [5.74, 6) is -0.126. The highest BCUT2D eigenvalue weighted by Gasteiger charge is 2.33. The van der Waals surface area contributed by atoms with E-state index in [4.69, 9.17) is 0 Å². The van der Waals surface area contributed by atoms with Crippen LogP contribution in [0.25, 0.3) is 0 Å². The molecule has 0 saturated carbocycles. The Labute approximate surface area is 133 Å². The molecule has 4 nitrogen and oxygen atoms in total. The van der Waals surface area contributed by atoms with Crippen molar-refractivity contribution >= 4 is 21.9 Å². The summed E-state index contributed by atoms with van der Waals surface area (Å²) >= 11 is 3.39. The fourth-order valence-corrected chi connectivity index (χ4v) is 2.27. The fraction of sp³-hybridized carbons (Fsp3) is 0.286. The molecule has 1 aromatic carbocycles. The van der Waals surface area contributed by atoms with Crippen molar-refractivity contribution in [3.8, 4) is 0 Å². The zero-order valence-electron chi connectivity index (χ0n) is 11.8. The maximum atomic E-state index is 12.7. The minimum Gasteiger partial charge on any atom is -0.351 e. The molecule has 1 heterocycles. The van der Waals surface area contributed by atoms with Gasteiger partial charge in [-0.3, -0.25) is 9.36 Å². The van der Waals surface area contributed by atoms with Gasteiger partial charge in [0.25, 0.3) is 5.56 Å². The predicted molar refractivity (Wildman–Crippen MR) is 80.7 cm³/mol. The van der Waals surface area contributed by atoms with E-state index in [-0.39, 0.29) is 12.5 Å². The van der Waals surface area contributed by atoms with E-state index in [0.717, 1.165) is 20.2 Å². The fourth-order valence-electron chi connectivity index (χ4n) is 1.86. The Morgan fingerprint density at radius 1 is 1.36 bits per heavy atom. The van der Waals surface area contributed by atoms with Crippen LogP contribution in [0.4, 0.5) is 19.1 Å². The van der Waals surface area contributed by atoms with Crippen LogP contribution in [-0.2, 0) is 19.8 Å². The Bertz CT molecular complexity index is 756. The molecule has 0 radical (unpaired) electrons. The molecule has 118 valence electrons. The average molecular weight is 376 g/mol. The van der Waals surface area contributed by atoms with Crippen molar-refractivity contribution in [2.24, 2.45) is 7.05 Å². The van der Waals surface area contributed by atoms with E-state index in [9.17, 15) is 18.0 Å². The van der Waals surface area contributed by atoms with Gasteiger partial charge in [0.1, 0.15) is 0 Å². The third-order valence-corrected chi connectivity index (χ3v) is 4.10. The smallest absolute Gasteiger partial charge is 0.351 e. The topological polar surface area (TPSA) is 46.9 Å². The first-order chi connectivity index (χ1) is 10.2. The van der Waals surface area contributed by atoms with Gasteiger partial charge in [-0.05, 0) is 24.1 Å². The highest BCUT2D eigenvalue weighted by atomic mass is 79.9. The summed E-state index contributed by atoms with van der Waals surface area (Å²) in [5, 5.41) is 2.78. The van der Waals surface area contributed by atoms with Crippen LogP contribution in [0.1, 0.15) is 16.8 Å². The number of rotatable bonds is 3. The number of halogens is 4. The SMILES string of the molecule is Cc1c(Br)cccc1CNc1nc(C(F)(F)F)cc(=O)n1C. The Balaban J connectivity index is 2.32. The summed E-state index contributed by atoms with van der Waals surface area (Å²) < 4.78 is 40.1. The minimum atomic E-state index is -4.66. The standard InChI is InChI=1S/C14H13BrF3N3O/c1-8-9(4-3-5-10(8)15)7-19-13-20-11(14(16,17)18)6-12(22)21(13)2/h3-6H,7H2,1-2H3,(H,19,20). The van der Waals surface area contributed by atoms with Gasteiger partial charge in [0.2, 0.25) is 5.95 Å². The molecule has 0 aliphatic heterocycles. The first-order valence-electron chi connectivity index (χ1n) is 6.33. The summed E-state index contributed by atoms with van der Waals surface area (Å²) in [6, 6.07) is 6.03. The van der Waals surface area contributed by atoms with E-state index < -0.39 is 17.4 Å². The van der Waals surface area contributed by atoms with Crippen LogP contribution in [0, 0.1) is 6.92 Å². The second kappa shape index (κ2) is 6.12. The van der Waals surface area contributed by atoms with Gasteiger partial charge < -0.3 is 5.32 Å². The lowest BCUT2D eigenvalue weighted by atomic mass is 10.1. The molecule has 1 aromatic heterocycles. The van der Waals surface area contributed by atoms with Gasteiger partial charge >= 0.3 is 6.18 Å². The number of nitrogens with zero attached hydrogens (tertiary/aromatic N) is 2. The number of hydrogen-bond acceptors (Lipinski definition) is 3. The molecule has 0 aliphatic carbocycles. The van der Waals surface area contributed by atoms with Crippen LogP contribution in [0.2, 0.25) is 0 Å². The molecular weight excluding hydrogens is 363 g/mol. The van der Waals surface area contributed by atoms with E-state index in [0.29, 0.717) is 6.07 Å². The van der Waals surface area contributed by atoms with Gasteiger partial charge in [0.15, 0.2) is 5.69 Å². The van der Waals surface area contributed by atoms with Crippen LogP contribution < -0.4 is 10.9 Å². The molecule has 0 fully saturated rings. The summed E-state index contributed by atoms with van der Waals surface area (Å²) in [6.07, 6.45) is -4.66. The van der Waals surface area contributed by atoms with E-state index >= 15 is 0 Å². The van der Waals surface area contributed by atoms with Crippen molar-refractivity contribution in [3.63, 3.8) is 0 Å². The number of alkyl halides is 3. The van der Waals surface area contributed by atoms with Crippen LogP contribution in [0.5, 0.6) is 0 Å². The lowest BCUT2D eigenvalue weighted by molar-refractivity contribution is -0.141. The average Bonchev–Trinajstić information content (AvgIpc) is 2.43. The van der Waals surface area contributed by atoms with Gasteiger partial charge in [0, 0.05) is 24.1 Å². The third kappa shape index (κ3) is 3.49.